The molecule has 33 heavy (non-hydrogen) atoms. The number of nitrogens with zero attached hydrogens (tertiary/aromatic N) is 2. The summed E-state index contributed by atoms with van der Waals surface area (Å²) in [5, 5.41) is 10.7. The zero-order chi connectivity index (χ0) is 23.4. The fourth-order valence-corrected chi connectivity index (χ4v) is 4.28. The first-order chi connectivity index (χ1) is 15.9. The van der Waals surface area contributed by atoms with Crippen LogP contribution in [0.3, 0.4) is 0 Å². The molecule has 0 saturated carbocycles. The third-order valence-electron chi connectivity index (χ3n) is 5.61. The molecular formula is C25H22Cl2N2O4. The van der Waals surface area contributed by atoms with Gasteiger partial charge in [0.2, 0.25) is 5.91 Å². The van der Waals surface area contributed by atoms with E-state index >= 15 is 0 Å². The number of amides is 1. The molecule has 0 spiro atoms. The Morgan fingerprint density at radius 2 is 1.82 bits per heavy atom. The molecule has 1 aromatic heterocycles. The van der Waals surface area contributed by atoms with Crippen LogP contribution in [-0.2, 0) is 17.8 Å². The van der Waals surface area contributed by atoms with E-state index in [1.807, 2.05) is 17.0 Å². The van der Waals surface area contributed by atoms with Gasteiger partial charge in [-0.15, -0.1) is 0 Å². The lowest BCUT2D eigenvalue weighted by Gasteiger charge is -2.25. The summed E-state index contributed by atoms with van der Waals surface area (Å²) in [5.74, 6) is -0.643. The van der Waals surface area contributed by atoms with Gasteiger partial charge in [-0.3, -0.25) is 9.78 Å². The van der Waals surface area contributed by atoms with Crippen LogP contribution in [0.15, 0.2) is 60.7 Å². The summed E-state index contributed by atoms with van der Waals surface area (Å²) in [6.07, 6.45) is 1.88. The Morgan fingerprint density at radius 3 is 2.55 bits per heavy atom. The molecule has 1 aliphatic heterocycles. The Balaban J connectivity index is 1.55. The summed E-state index contributed by atoms with van der Waals surface area (Å²) in [6.45, 7) is 0.579. The summed E-state index contributed by atoms with van der Waals surface area (Å²) >= 11 is 12.1. The second kappa shape index (κ2) is 10.2. The zero-order valence-corrected chi connectivity index (χ0v) is 19.2. The van der Waals surface area contributed by atoms with Crippen LogP contribution >= 0.6 is 23.2 Å². The highest BCUT2D eigenvalue weighted by molar-refractivity contribution is 6.32. The zero-order valence-electron chi connectivity index (χ0n) is 17.7. The Bertz CT molecular complexity index is 1170. The first-order valence-corrected chi connectivity index (χ1v) is 11.3. The van der Waals surface area contributed by atoms with Crippen molar-refractivity contribution >= 4 is 35.1 Å². The van der Waals surface area contributed by atoms with Crippen LogP contribution in [0.4, 0.5) is 0 Å². The van der Waals surface area contributed by atoms with E-state index in [0.29, 0.717) is 28.0 Å². The number of hydrogen-bond acceptors (Lipinski definition) is 4. The van der Waals surface area contributed by atoms with Gasteiger partial charge in [0.25, 0.3) is 0 Å². The second-order valence-corrected chi connectivity index (χ2v) is 8.65. The van der Waals surface area contributed by atoms with Crippen molar-refractivity contribution in [3.8, 4) is 5.75 Å². The van der Waals surface area contributed by atoms with E-state index in [2.05, 4.69) is 4.98 Å². The highest BCUT2D eigenvalue weighted by Crippen LogP contribution is 2.32. The van der Waals surface area contributed by atoms with Gasteiger partial charge in [0.15, 0.2) is 0 Å². The minimum Gasteiger partial charge on any atom is -0.486 e. The third-order valence-corrected chi connectivity index (χ3v) is 6.17. The molecule has 0 bridgehead atoms. The summed E-state index contributed by atoms with van der Waals surface area (Å²) in [5.41, 5.74) is 1.89. The molecule has 0 unspecified atom stereocenters. The number of carboxylic acids is 1. The van der Waals surface area contributed by atoms with Gasteiger partial charge in [-0.25, -0.2) is 4.79 Å². The molecule has 0 radical (unpaired) electrons. The van der Waals surface area contributed by atoms with Gasteiger partial charge in [0, 0.05) is 11.6 Å². The third kappa shape index (κ3) is 5.46. The molecule has 1 fully saturated rings. The van der Waals surface area contributed by atoms with E-state index in [0.717, 1.165) is 18.4 Å². The van der Waals surface area contributed by atoms with Crippen molar-refractivity contribution in [2.75, 3.05) is 6.54 Å². The predicted octanol–water partition coefficient (Wildman–Crippen LogP) is 5.57. The smallest absolute Gasteiger partial charge is 0.337 e. The highest BCUT2D eigenvalue weighted by Gasteiger charge is 2.31. The van der Waals surface area contributed by atoms with Gasteiger partial charge in [0.1, 0.15) is 12.4 Å². The quantitative estimate of drug-likeness (QED) is 0.473. The highest BCUT2D eigenvalue weighted by atomic mass is 35.5. The number of carboxylic acid groups (broad SMARTS) is 1. The van der Waals surface area contributed by atoms with Gasteiger partial charge in [-0.1, -0.05) is 47.5 Å². The van der Waals surface area contributed by atoms with Gasteiger partial charge in [-0.05, 0) is 54.8 Å². The SMILES string of the molecule is O=C(O)c1ccc([C@H]2CCCN2C(=O)Cc2ccc(Cl)cc2)nc1COc1ccccc1Cl. The van der Waals surface area contributed by atoms with Crippen molar-refractivity contribution < 1.29 is 19.4 Å². The van der Waals surface area contributed by atoms with Crippen LogP contribution < -0.4 is 4.74 Å². The van der Waals surface area contributed by atoms with Gasteiger partial charge < -0.3 is 14.7 Å². The van der Waals surface area contributed by atoms with Crippen LogP contribution in [-0.4, -0.2) is 33.4 Å². The van der Waals surface area contributed by atoms with Gasteiger partial charge >= 0.3 is 5.97 Å². The number of hydrogen-bond donors (Lipinski definition) is 1. The Kier molecular flexibility index (Phi) is 7.16. The standard InChI is InChI=1S/C25H22Cl2N2O4/c26-17-9-7-16(8-10-17)14-24(30)29-13-3-5-22(29)20-12-11-18(25(31)32)21(28-20)15-33-23-6-2-1-4-19(23)27/h1-2,4,6-12,22H,3,5,13-15H2,(H,31,32)/t22-/m1/s1. The molecule has 1 aliphatic rings. The summed E-state index contributed by atoms with van der Waals surface area (Å²) < 4.78 is 5.75. The fourth-order valence-electron chi connectivity index (χ4n) is 3.97. The Hall–Kier alpha value is -3.09. The van der Waals surface area contributed by atoms with Crippen molar-refractivity contribution in [2.45, 2.75) is 31.9 Å². The average molecular weight is 485 g/mol. The molecule has 8 heteroatoms. The molecule has 2 heterocycles. The number of pyridine rings is 1. The molecule has 1 N–H and O–H groups in total. The number of ether oxygens (including phenoxy) is 1. The lowest BCUT2D eigenvalue weighted by molar-refractivity contribution is -0.131. The van der Waals surface area contributed by atoms with Crippen molar-refractivity contribution in [1.29, 1.82) is 0 Å². The monoisotopic (exact) mass is 484 g/mol. The molecule has 4 rings (SSSR count). The topological polar surface area (TPSA) is 79.7 Å². The average Bonchev–Trinajstić information content (AvgIpc) is 3.30. The maximum atomic E-state index is 13.0. The first kappa shape index (κ1) is 23.1. The molecular weight excluding hydrogens is 463 g/mol. The predicted molar refractivity (Wildman–Crippen MR) is 126 cm³/mol. The summed E-state index contributed by atoms with van der Waals surface area (Å²) in [7, 11) is 0. The lowest BCUT2D eigenvalue weighted by Crippen LogP contribution is -2.32. The van der Waals surface area contributed by atoms with Crippen LogP contribution in [0.2, 0.25) is 10.0 Å². The van der Waals surface area contributed by atoms with E-state index in [1.54, 1.807) is 42.5 Å². The molecule has 6 nitrogen and oxygen atoms in total. The number of carbonyl (C=O) groups is 2. The first-order valence-electron chi connectivity index (χ1n) is 10.6. The molecule has 3 aromatic rings. The number of para-hydroxylation sites is 1. The van der Waals surface area contributed by atoms with Crippen molar-refractivity contribution in [2.24, 2.45) is 0 Å². The van der Waals surface area contributed by atoms with E-state index in [4.69, 9.17) is 27.9 Å². The van der Waals surface area contributed by atoms with Crippen molar-refractivity contribution in [3.05, 3.63) is 93.2 Å². The number of likely N-dealkylation sites (tertiary alicyclic amines) is 1. The van der Waals surface area contributed by atoms with Crippen molar-refractivity contribution in [3.63, 3.8) is 0 Å². The molecule has 1 amide bonds. The van der Waals surface area contributed by atoms with Gasteiger partial charge in [0.05, 0.1) is 34.4 Å². The van der Waals surface area contributed by atoms with E-state index in [-0.39, 0.29) is 36.2 Å². The fraction of sp³-hybridized carbons (Fsp3) is 0.240. The molecule has 2 aromatic carbocycles. The van der Waals surface area contributed by atoms with E-state index in [1.165, 1.54) is 6.07 Å². The molecule has 170 valence electrons. The number of aromatic nitrogens is 1. The minimum absolute atomic E-state index is 0.00204. The van der Waals surface area contributed by atoms with Crippen LogP contribution in [0.1, 0.15) is 46.2 Å². The normalized spacial score (nSPS) is 15.5. The summed E-state index contributed by atoms with van der Waals surface area (Å²) in [4.78, 5) is 31.2. The Morgan fingerprint density at radius 1 is 1.06 bits per heavy atom. The maximum Gasteiger partial charge on any atom is 0.337 e. The second-order valence-electron chi connectivity index (χ2n) is 7.80. The number of benzene rings is 2. The van der Waals surface area contributed by atoms with E-state index in [9.17, 15) is 14.7 Å². The molecule has 1 atom stereocenters. The molecule has 1 saturated heterocycles. The number of halogens is 2. The Labute approximate surface area is 201 Å². The van der Waals surface area contributed by atoms with Crippen LogP contribution in [0.25, 0.3) is 0 Å². The number of aromatic carboxylic acids is 1. The van der Waals surface area contributed by atoms with Crippen molar-refractivity contribution in [1.82, 2.24) is 9.88 Å². The number of rotatable bonds is 7. The van der Waals surface area contributed by atoms with Gasteiger partial charge in [-0.2, -0.15) is 0 Å². The maximum absolute atomic E-state index is 13.0. The summed E-state index contributed by atoms with van der Waals surface area (Å²) in [6, 6.07) is 17.2. The van der Waals surface area contributed by atoms with Crippen LogP contribution in [0.5, 0.6) is 5.75 Å². The van der Waals surface area contributed by atoms with Crippen LogP contribution in [0, 0.1) is 0 Å². The van der Waals surface area contributed by atoms with E-state index < -0.39 is 5.97 Å². The number of carbonyl (C=O) groups excluding carboxylic acids is 1. The molecule has 0 aliphatic carbocycles. The minimum atomic E-state index is -1.09. The lowest BCUT2D eigenvalue weighted by atomic mass is 10.1. The largest absolute Gasteiger partial charge is 0.486 e.